The number of rotatable bonds is 2. The molecule has 17 heavy (non-hydrogen) atoms. The molecule has 0 radical (unpaired) electrons. The first-order valence-corrected chi connectivity index (χ1v) is 6.50. The van der Waals surface area contributed by atoms with Gasteiger partial charge in [-0.05, 0) is 48.0 Å². The zero-order valence-corrected chi connectivity index (χ0v) is 10.7. The van der Waals surface area contributed by atoms with Crippen LogP contribution in [0.2, 0.25) is 0 Å². The van der Waals surface area contributed by atoms with Gasteiger partial charge in [0.2, 0.25) is 0 Å². The van der Waals surface area contributed by atoms with Gasteiger partial charge >= 0.3 is 0 Å². The number of carbonyl (C=O) groups is 1. The van der Waals surface area contributed by atoms with Gasteiger partial charge in [-0.1, -0.05) is 38.1 Å². The van der Waals surface area contributed by atoms with Gasteiger partial charge in [0.1, 0.15) is 0 Å². The molecule has 1 heteroatoms. The molecule has 1 nitrogen and oxygen atoms in total. The topological polar surface area (TPSA) is 17.1 Å². The Hall–Kier alpha value is -1.37. The van der Waals surface area contributed by atoms with E-state index in [4.69, 9.17) is 0 Å². The van der Waals surface area contributed by atoms with Crippen LogP contribution in [0.1, 0.15) is 56.6 Å². The van der Waals surface area contributed by atoms with Crippen molar-refractivity contribution in [3.8, 4) is 0 Å². The fourth-order valence-electron chi connectivity index (χ4n) is 2.23. The molecule has 0 amide bonds. The van der Waals surface area contributed by atoms with Gasteiger partial charge in [-0.15, -0.1) is 0 Å². The zero-order chi connectivity index (χ0) is 12.3. The third-order valence-corrected chi connectivity index (χ3v) is 3.40. The SMILES string of the molecule is CC(C)c1ccc(/C=C2\CCCCC2=O)cc1. The summed E-state index contributed by atoms with van der Waals surface area (Å²) < 4.78 is 0. The van der Waals surface area contributed by atoms with Crippen molar-refractivity contribution >= 4 is 11.9 Å². The van der Waals surface area contributed by atoms with Gasteiger partial charge in [0, 0.05) is 6.42 Å². The maximum Gasteiger partial charge on any atom is 0.158 e. The molecule has 1 saturated carbocycles. The van der Waals surface area contributed by atoms with Crippen molar-refractivity contribution in [3.63, 3.8) is 0 Å². The van der Waals surface area contributed by atoms with Crippen LogP contribution in [0.5, 0.6) is 0 Å². The predicted molar refractivity (Wildman–Crippen MR) is 72.0 cm³/mol. The minimum absolute atomic E-state index is 0.337. The molecule has 1 aromatic carbocycles. The van der Waals surface area contributed by atoms with Crippen LogP contribution in [0.4, 0.5) is 0 Å². The molecule has 2 rings (SSSR count). The number of benzene rings is 1. The molecule has 0 saturated heterocycles. The summed E-state index contributed by atoms with van der Waals surface area (Å²) in [6.07, 6.45) is 5.95. The Balaban J connectivity index is 2.17. The number of hydrogen-bond acceptors (Lipinski definition) is 1. The van der Waals surface area contributed by atoms with E-state index in [1.165, 1.54) is 5.56 Å². The van der Waals surface area contributed by atoms with E-state index in [2.05, 4.69) is 44.2 Å². The van der Waals surface area contributed by atoms with Crippen LogP contribution in [0.25, 0.3) is 6.08 Å². The molecule has 0 unspecified atom stereocenters. The third-order valence-electron chi connectivity index (χ3n) is 3.40. The van der Waals surface area contributed by atoms with Gasteiger partial charge in [0.15, 0.2) is 5.78 Å². The van der Waals surface area contributed by atoms with Gasteiger partial charge in [-0.3, -0.25) is 4.79 Å². The molecule has 1 aliphatic rings. The highest BCUT2D eigenvalue weighted by Crippen LogP contribution is 2.23. The molecule has 0 bridgehead atoms. The number of Topliss-reactive ketones (excluding diaryl/α,β-unsaturated/α-hetero) is 1. The Morgan fingerprint density at radius 1 is 1.06 bits per heavy atom. The highest BCUT2D eigenvalue weighted by Gasteiger charge is 2.14. The fraction of sp³-hybridized carbons (Fsp3) is 0.438. The quantitative estimate of drug-likeness (QED) is 0.688. The summed E-state index contributed by atoms with van der Waals surface area (Å²) in [7, 11) is 0. The van der Waals surface area contributed by atoms with E-state index in [-0.39, 0.29) is 0 Å². The standard InChI is InChI=1S/C16H20O/c1-12(2)14-9-7-13(8-10-14)11-15-5-3-4-6-16(15)17/h7-12H,3-6H2,1-2H3/b15-11+. The smallest absolute Gasteiger partial charge is 0.158 e. The Bertz CT molecular complexity index is 423. The lowest BCUT2D eigenvalue weighted by molar-refractivity contribution is -0.116. The first kappa shape index (κ1) is 12.1. The maximum atomic E-state index is 11.7. The number of carbonyl (C=O) groups excluding carboxylic acids is 1. The van der Waals surface area contributed by atoms with Crippen molar-refractivity contribution in [1.82, 2.24) is 0 Å². The largest absolute Gasteiger partial charge is 0.295 e. The van der Waals surface area contributed by atoms with Gasteiger partial charge < -0.3 is 0 Å². The van der Waals surface area contributed by atoms with Crippen molar-refractivity contribution in [2.75, 3.05) is 0 Å². The lowest BCUT2D eigenvalue weighted by Gasteiger charge is -2.12. The minimum Gasteiger partial charge on any atom is -0.295 e. The second-order valence-corrected chi connectivity index (χ2v) is 5.12. The summed E-state index contributed by atoms with van der Waals surface area (Å²) in [5.41, 5.74) is 3.51. The van der Waals surface area contributed by atoms with Crippen LogP contribution < -0.4 is 0 Å². The Kier molecular flexibility index (Phi) is 3.78. The third kappa shape index (κ3) is 3.06. The van der Waals surface area contributed by atoms with Gasteiger partial charge in [0.05, 0.1) is 0 Å². The molecule has 90 valence electrons. The van der Waals surface area contributed by atoms with Gasteiger partial charge in [-0.25, -0.2) is 0 Å². The van der Waals surface area contributed by atoms with E-state index < -0.39 is 0 Å². The second-order valence-electron chi connectivity index (χ2n) is 5.12. The Morgan fingerprint density at radius 3 is 2.29 bits per heavy atom. The van der Waals surface area contributed by atoms with Crippen LogP contribution in [0, 0.1) is 0 Å². The number of hydrogen-bond donors (Lipinski definition) is 0. The molecule has 1 fully saturated rings. The Labute approximate surface area is 104 Å². The van der Waals surface area contributed by atoms with Crippen molar-refractivity contribution in [2.45, 2.75) is 45.4 Å². The monoisotopic (exact) mass is 228 g/mol. The summed E-state index contributed by atoms with van der Waals surface area (Å²) in [6.45, 7) is 4.39. The second kappa shape index (κ2) is 5.31. The molecular formula is C16H20O. The van der Waals surface area contributed by atoms with Gasteiger partial charge in [-0.2, -0.15) is 0 Å². The molecule has 0 spiro atoms. The van der Waals surface area contributed by atoms with Crippen molar-refractivity contribution < 1.29 is 4.79 Å². The molecule has 0 atom stereocenters. The van der Waals surface area contributed by atoms with Crippen LogP contribution in [0.15, 0.2) is 29.8 Å². The molecule has 1 aliphatic carbocycles. The van der Waals surface area contributed by atoms with E-state index in [9.17, 15) is 4.79 Å². The first-order valence-electron chi connectivity index (χ1n) is 6.50. The molecule has 0 aliphatic heterocycles. The number of ketones is 1. The first-order chi connectivity index (χ1) is 8.16. The van der Waals surface area contributed by atoms with Crippen LogP contribution in [-0.2, 0) is 4.79 Å². The number of allylic oxidation sites excluding steroid dienone is 1. The minimum atomic E-state index is 0.337. The molecule has 0 heterocycles. The highest BCUT2D eigenvalue weighted by atomic mass is 16.1. The lowest BCUT2D eigenvalue weighted by Crippen LogP contribution is -2.07. The maximum absolute atomic E-state index is 11.7. The van der Waals surface area contributed by atoms with Crippen LogP contribution in [0.3, 0.4) is 0 Å². The van der Waals surface area contributed by atoms with Crippen LogP contribution >= 0.6 is 0 Å². The average Bonchev–Trinajstić information content (AvgIpc) is 2.33. The average molecular weight is 228 g/mol. The van der Waals surface area contributed by atoms with E-state index in [0.717, 1.165) is 36.8 Å². The predicted octanol–water partition coefficient (Wildman–Crippen LogP) is 4.34. The molecule has 0 N–H and O–H groups in total. The summed E-state index contributed by atoms with van der Waals surface area (Å²) in [6, 6.07) is 8.54. The summed E-state index contributed by atoms with van der Waals surface area (Å²) in [5, 5.41) is 0. The highest BCUT2D eigenvalue weighted by molar-refractivity contribution is 6.00. The van der Waals surface area contributed by atoms with E-state index in [1.807, 2.05) is 0 Å². The normalized spacial score (nSPS) is 19.0. The zero-order valence-electron chi connectivity index (χ0n) is 10.7. The van der Waals surface area contributed by atoms with Gasteiger partial charge in [0.25, 0.3) is 0 Å². The fourth-order valence-corrected chi connectivity index (χ4v) is 2.23. The Morgan fingerprint density at radius 2 is 1.71 bits per heavy atom. The summed E-state index contributed by atoms with van der Waals surface area (Å²) in [5.74, 6) is 0.900. The molecular weight excluding hydrogens is 208 g/mol. The lowest BCUT2D eigenvalue weighted by atomic mass is 9.92. The van der Waals surface area contributed by atoms with E-state index in [0.29, 0.717) is 11.7 Å². The summed E-state index contributed by atoms with van der Waals surface area (Å²) >= 11 is 0. The van der Waals surface area contributed by atoms with Crippen LogP contribution in [-0.4, -0.2) is 5.78 Å². The molecule has 0 aromatic heterocycles. The van der Waals surface area contributed by atoms with E-state index in [1.54, 1.807) is 0 Å². The van der Waals surface area contributed by atoms with Crippen molar-refractivity contribution in [2.24, 2.45) is 0 Å². The summed E-state index contributed by atoms with van der Waals surface area (Å²) in [4.78, 5) is 11.7. The van der Waals surface area contributed by atoms with Crippen molar-refractivity contribution in [1.29, 1.82) is 0 Å². The van der Waals surface area contributed by atoms with E-state index >= 15 is 0 Å². The van der Waals surface area contributed by atoms with Crippen molar-refractivity contribution in [3.05, 3.63) is 41.0 Å². The molecule has 1 aromatic rings.